The maximum Gasteiger partial charge on any atom is 0.248 e. The minimum Gasteiger partial charge on any atom is -0.497 e. The molecule has 0 unspecified atom stereocenters. The van der Waals surface area contributed by atoms with E-state index in [9.17, 15) is 4.79 Å². The summed E-state index contributed by atoms with van der Waals surface area (Å²) in [5, 5.41) is 2.83. The number of anilines is 1. The number of hydrogen-bond donors (Lipinski definition) is 1. The fraction of sp³-hybridized carbons (Fsp3) is 0.211. The number of methoxy groups -OCH3 is 2. The zero-order valence-electron chi connectivity index (χ0n) is 13.6. The van der Waals surface area contributed by atoms with Gasteiger partial charge in [-0.15, -0.1) is 0 Å². The van der Waals surface area contributed by atoms with E-state index in [0.717, 1.165) is 17.7 Å². The first-order chi connectivity index (χ1) is 11.1. The Balaban J connectivity index is 2.05. The lowest BCUT2D eigenvalue weighted by Gasteiger charge is -2.06. The van der Waals surface area contributed by atoms with Crippen molar-refractivity contribution in [3.05, 3.63) is 59.7 Å². The van der Waals surface area contributed by atoms with Gasteiger partial charge in [0.2, 0.25) is 5.91 Å². The number of hydrogen-bond acceptors (Lipinski definition) is 3. The van der Waals surface area contributed by atoms with Crippen LogP contribution in [-0.2, 0) is 11.2 Å². The van der Waals surface area contributed by atoms with Crippen molar-refractivity contribution in [3.8, 4) is 11.5 Å². The van der Waals surface area contributed by atoms with Crippen molar-refractivity contribution in [2.75, 3.05) is 19.5 Å². The summed E-state index contributed by atoms with van der Waals surface area (Å²) < 4.78 is 10.4. The number of benzene rings is 2. The highest BCUT2D eigenvalue weighted by molar-refractivity contribution is 6.01. The van der Waals surface area contributed by atoms with E-state index in [2.05, 4.69) is 12.2 Å². The predicted octanol–water partition coefficient (Wildman–Crippen LogP) is 3.92. The molecule has 0 aliphatic rings. The van der Waals surface area contributed by atoms with Gasteiger partial charge in [-0.05, 0) is 47.9 Å². The smallest absolute Gasteiger partial charge is 0.248 e. The molecule has 4 heteroatoms. The molecule has 0 bridgehead atoms. The van der Waals surface area contributed by atoms with Gasteiger partial charge in [0.05, 0.1) is 14.2 Å². The van der Waals surface area contributed by atoms with E-state index >= 15 is 0 Å². The average molecular weight is 311 g/mol. The molecule has 1 amide bonds. The molecule has 1 N–H and O–H groups in total. The summed E-state index contributed by atoms with van der Waals surface area (Å²) in [7, 11) is 3.18. The Hall–Kier alpha value is -2.75. The quantitative estimate of drug-likeness (QED) is 0.823. The molecule has 0 spiro atoms. The Labute approximate surface area is 136 Å². The maximum atomic E-state index is 12.0. The molecule has 4 nitrogen and oxygen atoms in total. The number of carbonyl (C=O) groups is 1. The van der Waals surface area contributed by atoms with Crippen LogP contribution in [0.25, 0.3) is 6.08 Å². The minimum atomic E-state index is -0.184. The normalized spacial score (nSPS) is 10.6. The van der Waals surface area contributed by atoms with Crippen molar-refractivity contribution >= 4 is 17.7 Å². The van der Waals surface area contributed by atoms with Gasteiger partial charge >= 0.3 is 0 Å². The standard InChI is InChI=1S/C19H21NO3/c1-4-14-5-8-16(9-6-14)20-19(21)10-7-15-11-17(22-2)13-18(12-15)23-3/h5-13H,4H2,1-3H3,(H,20,21)/b10-7+. The second-order valence-electron chi connectivity index (χ2n) is 5.02. The molecule has 0 aromatic heterocycles. The first kappa shape index (κ1) is 16.6. The van der Waals surface area contributed by atoms with Crippen LogP contribution in [0.15, 0.2) is 48.5 Å². The van der Waals surface area contributed by atoms with E-state index < -0.39 is 0 Å². The van der Waals surface area contributed by atoms with Crippen LogP contribution in [0.1, 0.15) is 18.1 Å². The lowest BCUT2D eigenvalue weighted by Crippen LogP contribution is -2.07. The van der Waals surface area contributed by atoms with E-state index in [1.807, 2.05) is 36.4 Å². The lowest BCUT2D eigenvalue weighted by atomic mass is 10.1. The molecule has 0 fully saturated rings. The third-order valence-corrected chi connectivity index (χ3v) is 3.43. The Bertz CT molecular complexity index is 668. The zero-order valence-corrected chi connectivity index (χ0v) is 13.6. The van der Waals surface area contributed by atoms with Crippen molar-refractivity contribution in [2.45, 2.75) is 13.3 Å². The summed E-state index contributed by atoms with van der Waals surface area (Å²) in [6.07, 6.45) is 4.19. The maximum absolute atomic E-state index is 12.0. The molecular formula is C19H21NO3. The highest BCUT2D eigenvalue weighted by atomic mass is 16.5. The molecule has 2 rings (SSSR count). The van der Waals surface area contributed by atoms with Crippen LogP contribution < -0.4 is 14.8 Å². The molecule has 0 aliphatic heterocycles. The van der Waals surface area contributed by atoms with Crippen LogP contribution in [0.2, 0.25) is 0 Å². The van der Waals surface area contributed by atoms with Crippen LogP contribution in [0, 0.1) is 0 Å². The van der Waals surface area contributed by atoms with E-state index in [4.69, 9.17) is 9.47 Å². The predicted molar refractivity (Wildman–Crippen MR) is 93.0 cm³/mol. The zero-order chi connectivity index (χ0) is 16.7. The third kappa shape index (κ3) is 4.88. The molecule has 0 saturated carbocycles. The number of aryl methyl sites for hydroxylation is 1. The minimum absolute atomic E-state index is 0.184. The van der Waals surface area contributed by atoms with Crippen LogP contribution in [0.4, 0.5) is 5.69 Å². The summed E-state index contributed by atoms with van der Waals surface area (Å²) in [6, 6.07) is 13.3. The van der Waals surface area contributed by atoms with E-state index in [1.165, 1.54) is 11.6 Å². The van der Waals surface area contributed by atoms with Gasteiger partial charge in [-0.2, -0.15) is 0 Å². The molecule has 0 radical (unpaired) electrons. The molecule has 2 aromatic rings. The molecule has 23 heavy (non-hydrogen) atoms. The fourth-order valence-electron chi connectivity index (χ4n) is 2.11. The average Bonchev–Trinajstić information content (AvgIpc) is 2.60. The molecule has 0 saturated heterocycles. The van der Waals surface area contributed by atoms with Crippen LogP contribution in [0.3, 0.4) is 0 Å². The molecule has 0 atom stereocenters. The number of ether oxygens (including phenoxy) is 2. The molecule has 2 aromatic carbocycles. The van der Waals surface area contributed by atoms with Crippen LogP contribution in [0.5, 0.6) is 11.5 Å². The van der Waals surface area contributed by atoms with Gasteiger partial charge in [0, 0.05) is 17.8 Å². The first-order valence-corrected chi connectivity index (χ1v) is 7.45. The van der Waals surface area contributed by atoms with Gasteiger partial charge in [-0.25, -0.2) is 0 Å². The summed E-state index contributed by atoms with van der Waals surface area (Å²) in [4.78, 5) is 12.0. The first-order valence-electron chi connectivity index (χ1n) is 7.45. The van der Waals surface area contributed by atoms with Gasteiger partial charge < -0.3 is 14.8 Å². The van der Waals surface area contributed by atoms with Crippen LogP contribution >= 0.6 is 0 Å². The Morgan fingerprint density at radius 3 is 2.17 bits per heavy atom. The second-order valence-corrected chi connectivity index (χ2v) is 5.02. The number of amides is 1. The topological polar surface area (TPSA) is 47.6 Å². The van der Waals surface area contributed by atoms with Crippen LogP contribution in [-0.4, -0.2) is 20.1 Å². The second kappa shape index (κ2) is 8.03. The summed E-state index contributed by atoms with van der Waals surface area (Å²) in [5.41, 5.74) is 2.85. The van der Waals surface area contributed by atoms with Gasteiger partial charge in [0.1, 0.15) is 11.5 Å². The van der Waals surface area contributed by atoms with E-state index in [1.54, 1.807) is 26.4 Å². The highest BCUT2D eigenvalue weighted by Crippen LogP contribution is 2.23. The van der Waals surface area contributed by atoms with Crippen molar-refractivity contribution in [2.24, 2.45) is 0 Å². The monoisotopic (exact) mass is 311 g/mol. The van der Waals surface area contributed by atoms with E-state index in [-0.39, 0.29) is 5.91 Å². The number of nitrogens with one attached hydrogen (secondary N) is 1. The summed E-state index contributed by atoms with van der Waals surface area (Å²) in [6.45, 7) is 2.10. The number of rotatable bonds is 6. The molecule has 120 valence electrons. The van der Waals surface area contributed by atoms with Crippen molar-refractivity contribution in [1.29, 1.82) is 0 Å². The SMILES string of the molecule is CCc1ccc(NC(=O)/C=C/c2cc(OC)cc(OC)c2)cc1. The van der Waals surface area contributed by atoms with Gasteiger partial charge in [0.15, 0.2) is 0 Å². The molecule has 0 aliphatic carbocycles. The summed E-state index contributed by atoms with van der Waals surface area (Å²) >= 11 is 0. The van der Waals surface area contributed by atoms with Gasteiger partial charge in [0.25, 0.3) is 0 Å². The molecular weight excluding hydrogens is 290 g/mol. The fourth-order valence-corrected chi connectivity index (χ4v) is 2.11. The van der Waals surface area contributed by atoms with Gasteiger partial charge in [-0.3, -0.25) is 4.79 Å². The van der Waals surface area contributed by atoms with E-state index in [0.29, 0.717) is 11.5 Å². The Kier molecular flexibility index (Phi) is 5.80. The number of carbonyl (C=O) groups excluding carboxylic acids is 1. The largest absolute Gasteiger partial charge is 0.497 e. The Morgan fingerprint density at radius 1 is 1.04 bits per heavy atom. The summed E-state index contributed by atoms with van der Waals surface area (Å²) in [5.74, 6) is 1.18. The lowest BCUT2D eigenvalue weighted by molar-refractivity contribution is -0.111. The highest BCUT2D eigenvalue weighted by Gasteiger charge is 2.01. The van der Waals surface area contributed by atoms with Gasteiger partial charge in [-0.1, -0.05) is 19.1 Å². The van der Waals surface area contributed by atoms with Crippen molar-refractivity contribution in [3.63, 3.8) is 0 Å². The Morgan fingerprint density at radius 2 is 1.65 bits per heavy atom. The van der Waals surface area contributed by atoms with Crippen molar-refractivity contribution < 1.29 is 14.3 Å². The molecule has 0 heterocycles. The third-order valence-electron chi connectivity index (χ3n) is 3.43. The van der Waals surface area contributed by atoms with Crippen molar-refractivity contribution in [1.82, 2.24) is 0 Å².